The topological polar surface area (TPSA) is 73.1 Å². The number of anilines is 1. The summed E-state index contributed by atoms with van der Waals surface area (Å²) in [7, 11) is -0.709. The Morgan fingerprint density at radius 1 is 0.923 bits per heavy atom. The first-order chi connectivity index (χ1) is 12.0. The van der Waals surface area contributed by atoms with Crippen LogP contribution in [0.2, 0.25) is 5.02 Å². The standard InChI is InChI=1S/C18H20ClN3O3S/c1-10-6-11(2)17(12(3)7-10)20-26(24,25)16-9-15-14(8-13(16)19)21(4)18(23)22(15)5/h6-9,20H,1-5H3. The van der Waals surface area contributed by atoms with Crippen molar-refractivity contribution in [2.75, 3.05) is 4.72 Å². The van der Waals surface area contributed by atoms with Crippen LogP contribution in [0.3, 0.4) is 0 Å². The van der Waals surface area contributed by atoms with Gasteiger partial charge in [-0.3, -0.25) is 13.9 Å². The zero-order valence-electron chi connectivity index (χ0n) is 15.2. The molecule has 138 valence electrons. The van der Waals surface area contributed by atoms with Crippen LogP contribution in [0.15, 0.2) is 34.0 Å². The van der Waals surface area contributed by atoms with Crippen LogP contribution in [-0.2, 0) is 24.1 Å². The number of halogens is 1. The van der Waals surface area contributed by atoms with E-state index in [0.29, 0.717) is 16.7 Å². The van der Waals surface area contributed by atoms with E-state index in [1.165, 1.54) is 21.3 Å². The average molecular weight is 394 g/mol. The molecule has 0 fully saturated rings. The molecule has 0 amide bonds. The minimum Gasteiger partial charge on any atom is -0.295 e. The van der Waals surface area contributed by atoms with Gasteiger partial charge in [0.15, 0.2) is 0 Å². The number of rotatable bonds is 3. The van der Waals surface area contributed by atoms with Gasteiger partial charge >= 0.3 is 5.69 Å². The summed E-state index contributed by atoms with van der Waals surface area (Å²) in [5.74, 6) is 0. The molecule has 0 radical (unpaired) electrons. The molecular weight excluding hydrogens is 374 g/mol. The Kier molecular flexibility index (Phi) is 4.40. The van der Waals surface area contributed by atoms with Gasteiger partial charge in [0.1, 0.15) is 4.90 Å². The summed E-state index contributed by atoms with van der Waals surface area (Å²) in [6, 6.07) is 6.76. The van der Waals surface area contributed by atoms with Crippen LogP contribution in [-0.4, -0.2) is 17.6 Å². The molecular formula is C18H20ClN3O3S. The largest absolute Gasteiger partial charge is 0.328 e. The molecule has 1 N–H and O–H groups in total. The molecule has 1 aromatic heterocycles. The summed E-state index contributed by atoms with van der Waals surface area (Å²) in [5, 5.41) is 0.0635. The van der Waals surface area contributed by atoms with E-state index in [4.69, 9.17) is 11.6 Å². The van der Waals surface area contributed by atoms with E-state index in [1.54, 1.807) is 14.1 Å². The Morgan fingerprint density at radius 2 is 1.42 bits per heavy atom. The van der Waals surface area contributed by atoms with Gasteiger partial charge in [0.25, 0.3) is 10.0 Å². The highest BCUT2D eigenvalue weighted by molar-refractivity contribution is 7.92. The molecule has 1 heterocycles. The molecule has 0 saturated carbocycles. The van der Waals surface area contributed by atoms with Gasteiger partial charge in [0.2, 0.25) is 0 Å². The monoisotopic (exact) mass is 393 g/mol. The summed E-state index contributed by atoms with van der Waals surface area (Å²) in [5.41, 5.74) is 4.08. The zero-order chi connectivity index (χ0) is 19.4. The third kappa shape index (κ3) is 2.91. The van der Waals surface area contributed by atoms with Crippen molar-refractivity contribution in [1.82, 2.24) is 9.13 Å². The van der Waals surface area contributed by atoms with Crippen LogP contribution in [0.25, 0.3) is 11.0 Å². The van der Waals surface area contributed by atoms with Gasteiger partial charge in [-0.2, -0.15) is 0 Å². The van der Waals surface area contributed by atoms with Crippen molar-refractivity contribution in [3.63, 3.8) is 0 Å². The minimum atomic E-state index is -3.92. The molecule has 0 aliphatic rings. The van der Waals surface area contributed by atoms with Gasteiger partial charge in [-0.15, -0.1) is 0 Å². The average Bonchev–Trinajstić information content (AvgIpc) is 2.74. The summed E-state index contributed by atoms with van der Waals surface area (Å²) >= 11 is 6.25. The number of aryl methyl sites for hydroxylation is 5. The van der Waals surface area contributed by atoms with Crippen LogP contribution < -0.4 is 10.4 Å². The maximum absolute atomic E-state index is 13.0. The van der Waals surface area contributed by atoms with E-state index in [1.807, 2.05) is 32.9 Å². The van der Waals surface area contributed by atoms with Crippen LogP contribution in [0.1, 0.15) is 16.7 Å². The summed E-state index contributed by atoms with van der Waals surface area (Å²) in [6.45, 7) is 5.66. The fourth-order valence-corrected chi connectivity index (χ4v) is 4.98. The van der Waals surface area contributed by atoms with Crippen molar-refractivity contribution >= 4 is 38.3 Å². The van der Waals surface area contributed by atoms with E-state index < -0.39 is 10.0 Å². The van der Waals surface area contributed by atoms with E-state index in [0.717, 1.165) is 16.7 Å². The Labute approximate surface area is 157 Å². The van der Waals surface area contributed by atoms with E-state index in [9.17, 15) is 13.2 Å². The molecule has 0 aliphatic heterocycles. The molecule has 2 aromatic carbocycles. The quantitative estimate of drug-likeness (QED) is 0.742. The Morgan fingerprint density at radius 3 is 1.96 bits per heavy atom. The Bertz CT molecular complexity index is 1180. The van der Waals surface area contributed by atoms with Crippen LogP contribution in [0.5, 0.6) is 0 Å². The third-order valence-electron chi connectivity index (χ3n) is 4.53. The lowest BCUT2D eigenvalue weighted by Gasteiger charge is -2.15. The van der Waals surface area contributed by atoms with Crippen LogP contribution >= 0.6 is 11.6 Å². The van der Waals surface area contributed by atoms with Crippen molar-refractivity contribution in [3.05, 3.63) is 56.5 Å². The lowest BCUT2D eigenvalue weighted by atomic mass is 10.1. The molecule has 0 saturated heterocycles. The number of benzene rings is 2. The molecule has 26 heavy (non-hydrogen) atoms. The number of nitrogens with one attached hydrogen (secondary N) is 1. The van der Waals surface area contributed by atoms with E-state index in [2.05, 4.69) is 4.72 Å². The molecule has 6 nitrogen and oxygen atoms in total. The molecule has 0 atom stereocenters. The maximum Gasteiger partial charge on any atom is 0.328 e. The molecule has 0 bridgehead atoms. The normalized spacial score (nSPS) is 11.9. The number of fused-ring (bicyclic) bond motifs is 1. The number of nitrogens with zero attached hydrogens (tertiary/aromatic N) is 2. The molecule has 0 unspecified atom stereocenters. The third-order valence-corrected chi connectivity index (χ3v) is 6.34. The van der Waals surface area contributed by atoms with Crippen molar-refractivity contribution in [2.24, 2.45) is 14.1 Å². The molecule has 3 rings (SSSR count). The molecule has 3 aromatic rings. The number of sulfonamides is 1. The second-order valence-corrected chi connectivity index (χ2v) is 8.61. The van der Waals surface area contributed by atoms with E-state index >= 15 is 0 Å². The first-order valence-electron chi connectivity index (χ1n) is 7.98. The zero-order valence-corrected chi connectivity index (χ0v) is 16.8. The van der Waals surface area contributed by atoms with Gasteiger partial charge in [0.05, 0.1) is 21.7 Å². The lowest BCUT2D eigenvalue weighted by Crippen LogP contribution is -2.19. The second kappa shape index (κ2) is 6.17. The van der Waals surface area contributed by atoms with Crippen LogP contribution in [0.4, 0.5) is 5.69 Å². The highest BCUT2D eigenvalue weighted by Gasteiger charge is 2.22. The van der Waals surface area contributed by atoms with E-state index in [-0.39, 0.29) is 15.6 Å². The molecule has 0 aliphatic carbocycles. The second-order valence-electron chi connectivity index (χ2n) is 6.55. The molecule has 0 spiro atoms. The van der Waals surface area contributed by atoms with Gasteiger partial charge in [-0.05, 0) is 44.0 Å². The van der Waals surface area contributed by atoms with Gasteiger partial charge in [0, 0.05) is 14.1 Å². The Balaban J connectivity index is 2.18. The van der Waals surface area contributed by atoms with Gasteiger partial charge in [-0.25, -0.2) is 13.2 Å². The highest BCUT2D eigenvalue weighted by Crippen LogP contribution is 2.30. The summed E-state index contributed by atoms with van der Waals surface area (Å²) in [4.78, 5) is 12.0. The minimum absolute atomic E-state index is 0.0627. The molecule has 8 heteroatoms. The smallest absolute Gasteiger partial charge is 0.295 e. The first-order valence-corrected chi connectivity index (χ1v) is 9.84. The summed E-state index contributed by atoms with van der Waals surface area (Å²) in [6.07, 6.45) is 0. The van der Waals surface area contributed by atoms with Gasteiger partial charge < -0.3 is 0 Å². The van der Waals surface area contributed by atoms with Crippen molar-refractivity contribution < 1.29 is 8.42 Å². The lowest BCUT2D eigenvalue weighted by molar-refractivity contribution is 0.601. The van der Waals surface area contributed by atoms with Crippen molar-refractivity contribution in [2.45, 2.75) is 25.7 Å². The number of hydrogen-bond acceptors (Lipinski definition) is 3. The predicted molar refractivity (Wildman–Crippen MR) is 105 cm³/mol. The highest BCUT2D eigenvalue weighted by atomic mass is 35.5. The number of imidazole rings is 1. The first kappa shape index (κ1) is 18.5. The SMILES string of the molecule is Cc1cc(C)c(NS(=O)(=O)c2cc3c(cc2Cl)n(C)c(=O)n3C)c(C)c1. The van der Waals surface area contributed by atoms with Crippen molar-refractivity contribution in [3.8, 4) is 0 Å². The number of aromatic nitrogens is 2. The Hall–Kier alpha value is -2.25. The van der Waals surface area contributed by atoms with Crippen molar-refractivity contribution in [1.29, 1.82) is 0 Å². The summed E-state index contributed by atoms with van der Waals surface area (Å²) < 4.78 is 31.4. The fourth-order valence-electron chi connectivity index (χ4n) is 3.24. The van der Waals surface area contributed by atoms with Gasteiger partial charge in [-0.1, -0.05) is 29.3 Å². The predicted octanol–water partition coefficient (Wildman–Crippen LogP) is 3.26. The maximum atomic E-state index is 13.0. The van der Waals surface area contributed by atoms with Crippen LogP contribution in [0, 0.1) is 20.8 Å². The fraction of sp³-hybridized carbons (Fsp3) is 0.278. The number of hydrogen-bond donors (Lipinski definition) is 1.